The van der Waals surface area contributed by atoms with Crippen LogP contribution in [0.5, 0.6) is 0 Å². The summed E-state index contributed by atoms with van der Waals surface area (Å²) in [6.45, 7) is 11.2. The van der Waals surface area contributed by atoms with Crippen LogP contribution >= 0.6 is 15.9 Å². The Hall–Kier alpha value is -1.56. The van der Waals surface area contributed by atoms with Crippen LogP contribution < -0.4 is 0 Å². The lowest BCUT2D eigenvalue weighted by Gasteiger charge is -2.24. The third kappa shape index (κ3) is 3.29. The number of nitrogens with zero attached hydrogens (tertiary/aromatic N) is 3. The van der Waals surface area contributed by atoms with Crippen LogP contribution in [-0.2, 0) is 4.74 Å². The molecule has 3 rings (SSSR count). The van der Waals surface area contributed by atoms with Crippen LogP contribution in [-0.4, -0.2) is 39.2 Å². The number of carbonyl (C=O) groups excluding carboxylic acids is 1. The zero-order chi connectivity index (χ0) is 17.6. The molecule has 2 aromatic rings. The first-order chi connectivity index (χ1) is 11.2. The van der Waals surface area contributed by atoms with Crippen molar-refractivity contribution >= 4 is 33.1 Å². The number of halogens is 1. The summed E-state index contributed by atoms with van der Waals surface area (Å²) in [5, 5.41) is 0. The molecule has 0 radical (unpaired) electrons. The van der Waals surface area contributed by atoms with E-state index in [1.54, 1.807) is 4.90 Å². The first kappa shape index (κ1) is 17.3. The summed E-state index contributed by atoms with van der Waals surface area (Å²) in [5.74, 6) is 0. The SMILES string of the molecule is Cc1cc2nc(Br)n(C3CCN(C(=O)OC(C)(C)C)C3)c2cc1C. The number of rotatable bonds is 1. The van der Waals surface area contributed by atoms with Crippen molar-refractivity contribution in [1.82, 2.24) is 14.5 Å². The van der Waals surface area contributed by atoms with Crippen LogP contribution in [0.15, 0.2) is 16.9 Å². The number of likely N-dealkylation sites (tertiary alicyclic amines) is 1. The van der Waals surface area contributed by atoms with Gasteiger partial charge in [-0.05, 0) is 80.2 Å². The van der Waals surface area contributed by atoms with Crippen molar-refractivity contribution in [3.8, 4) is 0 Å². The van der Waals surface area contributed by atoms with E-state index in [9.17, 15) is 4.79 Å². The molecule has 1 aliphatic rings. The molecule has 5 nitrogen and oxygen atoms in total. The lowest BCUT2D eigenvalue weighted by molar-refractivity contribution is 0.0289. The number of benzene rings is 1. The van der Waals surface area contributed by atoms with Gasteiger partial charge in [0, 0.05) is 13.1 Å². The van der Waals surface area contributed by atoms with Gasteiger partial charge in [-0.25, -0.2) is 9.78 Å². The van der Waals surface area contributed by atoms with Crippen molar-refractivity contribution in [2.45, 2.75) is 52.7 Å². The topological polar surface area (TPSA) is 47.4 Å². The monoisotopic (exact) mass is 393 g/mol. The molecule has 2 heterocycles. The van der Waals surface area contributed by atoms with E-state index in [0.29, 0.717) is 13.1 Å². The third-order valence-electron chi connectivity index (χ3n) is 4.44. The van der Waals surface area contributed by atoms with E-state index in [1.807, 2.05) is 20.8 Å². The standard InChI is InChI=1S/C18H24BrN3O2/c1-11-8-14-15(9-12(11)2)22(16(19)20-14)13-6-7-21(10-13)17(23)24-18(3,4)5/h8-9,13H,6-7,10H2,1-5H3. The summed E-state index contributed by atoms with van der Waals surface area (Å²) in [6, 6.07) is 4.50. The predicted molar refractivity (Wildman–Crippen MR) is 98.4 cm³/mol. The Morgan fingerprint density at radius 3 is 2.62 bits per heavy atom. The Morgan fingerprint density at radius 2 is 1.96 bits per heavy atom. The van der Waals surface area contributed by atoms with Gasteiger partial charge in [0.2, 0.25) is 0 Å². The van der Waals surface area contributed by atoms with Gasteiger partial charge in [0.15, 0.2) is 4.73 Å². The lowest BCUT2D eigenvalue weighted by Crippen LogP contribution is -2.35. The predicted octanol–water partition coefficient (Wildman–Crippen LogP) is 4.60. The van der Waals surface area contributed by atoms with Crippen molar-refractivity contribution in [2.75, 3.05) is 13.1 Å². The average Bonchev–Trinajstić information content (AvgIpc) is 3.02. The molecule has 1 saturated heterocycles. The highest BCUT2D eigenvalue weighted by atomic mass is 79.9. The van der Waals surface area contributed by atoms with Gasteiger partial charge in [0.05, 0.1) is 17.1 Å². The smallest absolute Gasteiger partial charge is 0.410 e. The number of hydrogen-bond donors (Lipinski definition) is 0. The highest BCUT2D eigenvalue weighted by Crippen LogP contribution is 2.32. The average molecular weight is 394 g/mol. The number of ether oxygens (including phenoxy) is 1. The number of carbonyl (C=O) groups is 1. The van der Waals surface area contributed by atoms with Gasteiger partial charge >= 0.3 is 6.09 Å². The molecule has 1 aromatic carbocycles. The van der Waals surface area contributed by atoms with Gasteiger partial charge in [0.1, 0.15) is 5.60 Å². The van der Waals surface area contributed by atoms with Crippen LogP contribution in [0, 0.1) is 13.8 Å². The first-order valence-corrected chi connectivity index (χ1v) is 9.07. The maximum absolute atomic E-state index is 12.3. The Bertz CT molecular complexity index is 792. The van der Waals surface area contributed by atoms with Gasteiger partial charge in [-0.1, -0.05) is 0 Å². The minimum Gasteiger partial charge on any atom is -0.444 e. The fourth-order valence-electron chi connectivity index (χ4n) is 3.11. The molecule has 0 N–H and O–H groups in total. The van der Waals surface area contributed by atoms with E-state index in [4.69, 9.17) is 4.74 Å². The minimum absolute atomic E-state index is 0.207. The van der Waals surface area contributed by atoms with Crippen molar-refractivity contribution in [3.63, 3.8) is 0 Å². The minimum atomic E-state index is -0.466. The van der Waals surface area contributed by atoms with E-state index in [1.165, 1.54) is 11.1 Å². The highest BCUT2D eigenvalue weighted by molar-refractivity contribution is 9.10. The van der Waals surface area contributed by atoms with Gasteiger partial charge in [-0.3, -0.25) is 0 Å². The van der Waals surface area contributed by atoms with E-state index >= 15 is 0 Å². The van der Waals surface area contributed by atoms with Gasteiger partial charge in [-0.15, -0.1) is 0 Å². The van der Waals surface area contributed by atoms with E-state index in [-0.39, 0.29) is 12.1 Å². The molecule has 1 atom stereocenters. The maximum Gasteiger partial charge on any atom is 0.410 e. The third-order valence-corrected chi connectivity index (χ3v) is 5.00. The normalized spacial score (nSPS) is 18.4. The summed E-state index contributed by atoms with van der Waals surface area (Å²) in [6.07, 6.45) is 0.661. The molecule has 1 fully saturated rings. The zero-order valence-electron chi connectivity index (χ0n) is 14.9. The summed E-state index contributed by atoms with van der Waals surface area (Å²) in [7, 11) is 0. The number of fused-ring (bicyclic) bond motifs is 1. The van der Waals surface area contributed by atoms with Crippen molar-refractivity contribution < 1.29 is 9.53 Å². The Kier molecular flexibility index (Phi) is 4.36. The Balaban J connectivity index is 1.86. The fourth-order valence-corrected chi connectivity index (χ4v) is 3.78. The number of aromatic nitrogens is 2. The summed E-state index contributed by atoms with van der Waals surface area (Å²) in [4.78, 5) is 18.7. The van der Waals surface area contributed by atoms with Gasteiger partial charge in [0.25, 0.3) is 0 Å². The molecular weight excluding hydrogens is 370 g/mol. The molecule has 1 amide bonds. The van der Waals surface area contributed by atoms with Crippen LogP contribution in [0.1, 0.15) is 44.4 Å². The largest absolute Gasteiger partial charge is 0.444 e. The van der Waals surface area contributed by atoms with Crippen molar-refractivity contribution in [3.05, 3.63) is 28.0 Å². The molecule has 0 spiro atoms. The highest BCUT2D eigenvalue weighted by Gasteiger charge is 2.32. The van der Waals surface area contributed by atoms with Crippen LogP contribution in [0.25, 0.3) is 11.0 Å². The summed E-state index contributed by atoms with van der Waals surface area (Å²) < 4.78 is 8.51. The molecule has 130 valence electrons. The molecule has 0 saturated carbocycles. The second-order valence-electron chi connectivity index (χ2n) is 7.54. The van der Waals surface area contributed by atoms with E-state index in [0.717, 1.165) is 22.2 Å². The van der Waals surface area contributed by atoms with Crippen LogP contribution in [0.4, 0.5) is 4.79 Å². The summed E-state index contributed by atoms with van der Waals surface area (Å²) >= 11 is 3.59. The lowest BCUT2D eigenvalue weighted by atomic mass is 10.1. The summed E-state index contributed by atoms with van der Waals surface area (Å²) in [5.41, 5.74) is 4.12. The Labute approximate surface area is 151 Å². The molecule has 1 aliphatic heterocycles. The second-order valence-corrected chi connectivity index (χ2v) is 8.25. The number of aryl methyl sites for hydroxylation is 2. The van der Waals surface area contributed by atoms with Crippen molar-refractivity contribution in [1.29, 1.82) is 0 Å². The molecule has 1 aromatic heterocycles. The zero-order valence-corrected chi connectivity index (χ0v) is 16.5. The van der Waals surface area contributed by atoms with E-state index < -0.39 is 5.60 Å². The molecular formula is C18H24BrN3O2. The molecule has 24 heavy (non-hydrogen) atoms. The number of imidazole rings is 1. The fraction of sp³-hybridized carbons (Fsp3) is 0.556. The first-order valence-electron chi connectivity index (χ1n) is 8.28. The maximum atomic E-state index is 12.3. The Morgan fingerprint density at radius 1 is 1.29 bits per heavy atom. The number of hydrogen-bond acceptors (Lipinski definition) is 3. The molecule has 0 bridgehead atoms. The second kappa shape index (κ2) is 6.06. The quantitative estimate of drug-likeness (QED) is 0.711. The molecule has 6 heteroatoms. The molecule has 1 unspecified atom stereocenters. The van der Waals surface area contributed by atoms with Crippen LogP contribution in [0.3, 0.4) is 0 Å². The van der Waals surface area contributed by atoms with Crippen molar-refractivity contribution in [2.24, 2.45) is 0 Å². The van der Waals surface area contributed by atoms with E-state index in [2.05, 4.69) is 51.5 Å². The van der Waals surface area contributed by atoms with Gasteiger partial charge < -0.3 is 14.2 Å². The van der Waals surface area contributed by atoms with Gasteiger partial charge in [-0.2, -0.15) is 0 Å². The molecule has 0 aliphatic carbocycles. The van der Waals surface area contributed by atoms with Crippen LogP contribution in [0.2, 0.25) is 0 Å². The number of amides is 1.